The predicted octanol–water partition coefficient (Wildman–Crippen LogP) is 2.68. The van der Waals surface area contributed by atoms with E-state index >= 15 is 0 Å². The summed E-state index contributed by atoms with van der Waals surface area (Å²) in [5, 5.41) is 3.06. The lowest BCUT2D eigenvalue weighted by Gasteiger charge is -2.32. The molecule has 0 aromatic heterocycles. The van der Waals surface area contributed by atoms with Crippen LogP contribution in [0.15, 0.2) is 24.3 Å². The molecule has 1 aliphatic heterocycles. The van der Waals surface area contributed by atoms with Crippen LogP contribution in [0.1, 0.15) is 32.3 Å². The molecule has 1 fully saturated rings. The van der Waals surface area contributed by atoms with Crippen molar-refractivity contribution in [2.45, 2.75) is 33.2 Å². The smallest absolute Gasteiger partial charge is 0.223 e. The van der Waals surface area contributed by atoms with Crippen molar-refractivity contribution in [3.8, 4) is 5.75 Å². The van der Waals surface area contributed by atoms with Crippen molar-refractivity contribution in [1.82, 2.24) is 10.2 Å². The normalized spacial score (nSPS) is 16.7. The van der Waals surface area contributed by atoms with E-state index < -0.39 is 0 Å². The van der Waals surface area contributed by atoms with Gasteiger partial charge < -0.3 is 15.0 Å². The zero-order chi connectivity index (χ0) is 15.9. The second kappa shape index (κ2) is 8.18. The topological polar surface area (TPSA) is 41.6 Å². The molecular formula is C18H28N2O2. The molecule has 1 aromatic rings. The van der Waals surface area contributed by atoms with Crippen molar-refractivity contribution >= 4 is 5.91 Å². The number of amides is 1. The molecule has 2 rings (SSSR count). The van der Waals surface area contributed by atoms with Crippen LogP contribution in [0.4, 0.5) is 0 Å². The number of likely N-dealkylation sites (tertiary alicyclic amines) is 1. The number of methoxy groups -OCH3 is 1. The molecule has 22 heavy (non-hydrogen) atoms. The lowest BCUT2D eigenvalue weighted by Crippen LogP contribution is -2.41. The van der Waals surface area contributed by atoms with Crippen molar-refractivity contribution in [2.75, 3.05) is 26.7 Å². The van der Waals surface area contributed by atoms with Gasteiger partial charge in [-0.05, 0) is 49.5 Å². The van der Waals surface area contributed by atoms with E-state index in [1.54, 1.807) is 7.11 Å². The third-order valence-electron chi connectivity index (χ3n) is 4.18. The highest BCUT2D eigenvalue weighted by molar-refractivity contribution is 5.78. The first-order chi connectivity index (χ1) is 10.6. The zero-order valence-electron chi connectivity index (χ0n) is 14.0. The summed E-state index contributed by atoms with van der Waals surface area (Å²) < 4.78 is 5.20. The standard InChI is InChI=1S/C18H28N2O2/c1-14(2)13-20-9-7-16(8-10-20)18(21)19-12-15-5-4-6-17(11-15)22-3/h4-6,11,14,16H,7-10,12-13H2,1-3H3,(H,19,21). The third kappa shape index (κ3) is 5.02. The van der Waals surface area contributed by atoms with Crippen LogP contribution in [-0.2, 0) is 11.3 Å². The Morgan fingerprint density at radius 1 is 1.36 bits per heavy atom. The number of nitrogens with zero attached hydrogens (tertiary/aromatic N) is 1. The Kier molecular flexibility index (Phi) is 6.25. The highest BCUT2D eigenvalue weighted by Crippen LogP contribution is 2.19. The van der Waals surface area contributed by atoms with Crippen molar-refractivity contribution < 1.29 is 9.53 Å². The van der Waals surface area contributed by atoms with Gasteiger partial charge in [-0.3, -0.25) is 4.79 Å². The fourth-order valence-corrected chi connectivity index (χ4v) is 3.01. The molecule has 0 bridgehead atoms. The lowest BCUT2D eigenvalue weighted by atomic mass is 9.95. The van der Waals surface area contributed by atoms with Crippen LogP contribution in [0, 0.1) is 11.8 Å². The Morgan fingerprint density at radius 3 is 2.73 bits per heavy atom. The molecule has 0 atom stereocenters. The molecule has 1 saturated heterocycles. The van der Waals surface area contributed by atoms with Gasteiger partial charge in [0.05, 0.1) is 7.11 Å². The summed E-state index contributed by atoms with van der Waals surface area (Å²) in [6, 6.07) is 7.83. The van der Waals surface area contributed by atoms with E-state index in [2.05, 4.69) is 24.1 Å². The molecule has 1 N–H and O–H groups in total. The average Bonchev–Trinajstić information content (AvgIpc) is 2.53. The van der Waals surface area contributed by atoms with Gasteiger partial charge in [0.25, 0.3) is 0 Å². The SMILES string of the molecule is COc1cccc(CNC(=O)C2CCN(CC(C)C)CC2)c1. The van der Waals surface area contributed by atoms with E-state index in [0.717, 1.165) is 43.8 Å². The van der Waals surface area contributed by atoms with Gasteiger partial charge in [-0.15, -0.1) is 0 Å². The van der Waals surface area contributed by atoms with Gasteiger partial charge in [0.15, 0.2) is 0 Å². The maximum absolute atomic E-state index is 12.3. The van der Waals surface area contributed by atoms with Crippen molar-refractivity contribution in [3.05, 3.63) is 29.8 Å². The van der Waals surface area contributed by atoms with Crippen LogP contribution in [0.3, 0.4) is 0 Å². The van der Waals surface area contributed by atoms with E-state index in [0.29, 0.717) is 12.5 Å². The summed E-state index contributed by atoms with van der Waals surface area (Å²) in [6.45, 7) is 8.27. The van der Waals surface area contributed by atoms with E-state index in [4.69, 9.17) is 4.74 Å². The fourth-order valence-electron chi connectivity index (χ4n) is 3.01. The lowest BCUT2D eigenvalue weighted by molar-refractivity contribution is -0.126. The molecule has 4 nitrogen and oxygen atoms in total. The van der Waals surface area contributed by atoms with Gasteiger partial charge in [0, 0.05) is 19.0 Å². The van der Waals surface area contributed by atoms with Crippen LogP contribution >= 0.6 is 0 Å². The Balaban J connectivity index is 1.76. The summed E-state index contributed by atoms with van der Waals surface area (Å²) in [6.07, 6.45) is 1.94. The van der Waals surface area contributed by atoms with Gasteiger partial charge in [-0.2, -0.15) is 0 Å². The second-order valence-electron chi connectivity index (χ2n) is 6.54. The highest BCUT2D eigenvalue weighted by atomic mass is 16.5. The molecule has 1 amide bonds. The second-order valence-corrected chi connectivity index (χ2v) is 6.54. The number of carbonyl (C=O) groups is 1. The van der Waals surface area contributed by atoms with Crippen LogP contribution < -0.4 is 10.1 Å². The van der Waals surface area contributed by atoms with Crippen LogP contribution in [0.5, 0.6) is 5.75 Å². The summed E-state index contributed by atoms with van der Waals surface area (Å²) in [5.41, 5.74) is 1.07. The fraction of sp³-hybridized carbons (Fsp3) is 0.611. The largest absolute Gasteiger partial charge is 0.497 e. The van der Waals surface area contributed by atoms with E-state index in [1.165, 1.54) is 0 Å². The molecule has 122 valence electrons. The summed E-state index contributed by atoms with van der Waals surface area (Å²) in [4.78, 5) is 14.8. The molecule has 1 aromatic carbocycles. The van der Waals surface area contributed by atoms with E-state index in [9.17, 15) is 4.79 Å². The number of carbonyl (C=O) groups excluding carboxylic acids is 1. The average molecular weight is 304 g/mol. The number of hydrogen-bond acceptors (Lipinski definition) is 3. The number of piperidine rings is 1. The van der Waals surface area contributed by atoms with Crippen molar-refractivity contribution in [2.24, 2.45) is 11.8 Å². The minimum atomic E-state index is 0.161. The number of benzene rings is 1. The zero-order valence-corrected chi connectivity index (χ0v) is 14.0. The molecular weight excluding hydrogens is 276 g/mol. The first-order valence-corrected chi connectivity index (χ1v) is 8.21. The molecule has 0 unspecified atom stereocenters. The number of ether oxygens (including phenoxy) is 1. The molecule has 0 radical (unpaired) electrons. The third-order valence-corrected chi connectivity index (χ3v) is 4.18. The van der Waals surface area contributed by atoms with E-state index in [-0.39, 0.29) is 11.8 Å². The Morgan fingerprint density at radius 2 is 2.09 bits per heavy atom. The minimum absolute atomic E-state index is 0.161. The minimum Gasteiger partial charge on any atom is -0.497 e. The summed E-state index contributed by atoms with van der Waals surface area (Å²) >= 11 is 0. The summed E-state index contributed by atoms with van der Waals surface area (Å²) in [7, 11) is 1.66. The van der Waals surface area contributed by atoms with Gasteiger partial charge in [0.2, 0.25) is 5.91 Å². The van der Waals surface area contributed by atoms with Crippen molar-refractivity contribution in [3.63, 3.8) is 0 Å². The Hall–Kier alpha value is -1.55. The van der Waals surface area contributed by atoms with Crippen LogP contribution in [-0.4, -0.2) is 37.6 Å². The monoisotopic (exact) mass is 304 g/mol. The molecule has 0 spiro atoms. The number of nitrogens with one attached hydrogen (secondary N) is 1. The Labute approximate surface area is 133 Å². The maximum atomic E-state index is 12.3. The number of rotatable bonds is 6. The molecule has 0 saturated carbocycles. The molecule has 4 heteroatoms. The van der Waals surface area contributed by atoms with Crippen LogP contribution in [0.25, 0.3) is 0 Å². The molecule has 1 heterocycles. The van der Waals surface area contributed by atoms with Gasteiger partial charge in [0.1, 0.15) is 5.75 Å². The highest BCUT2D eigenvalue weighted by Gasteiger charge is 2.24. The molecule has 0 aliphatic carbocycles. The first-order valence-electron chi connectivity index (χ1n) is 8.21. The summed E-state index contributed by atoms with van der Waals surface area (Å²) in [5.74, 6) is 1.87. The Bertz CT molecular complexity index is 480. The van der Waals surface area contributed by atoms with Gasteiger partial charge in [-0.25, -0.2) is 0 Å². The van der Waals surface area contributed by atoms with Gasteiger partial charge in [-0.1, -0.05) is 26.0 Å². The predicted molar refractivity (Wildman–Crippen MR) is 88.8 cm³/mol. The van der Waals surface area contributed by atoms with Crippen molar-refractivity contribution in [1.29, 1.82) is 0 Å². The first kappa shape index (κ1) is 16.8. The molecule has 1 aliphatic rings. The van der Waals surface area contributed by atoms with Gasteiger partial charge >= 0.3 is 0 Å². The van der Waals surface area contributed by atoms with E-state index in [1.807, 2.05) is 24.3 Å². The quantitative estimate of drug-likeness (QED) is 0.878. The van der Waals surface area contributed by atoms with Crippen LogP contribution in [0.2, 0.25) is 0 Å². The maximum Gasteiger partial charge on any atom is 0.223 e. The number of hydrogen-bond donors (Lipinski definition) is 1.